The molecule has 0 aromatic carbocycles. The van der Waals surface area contributed by atoms with Gasteiger partial charge in [-0.15, -0.1) is 20.2 Å². The van der Waals surface area contributed by atoms with Gasteiger partial charge in [-0.2, -0.15) is 0 Å². The van der Waals surface area contributed by atoms with Gasteiger partial charge in [0.2, 0.25) is 0 Å². The van der Waals surface area contributed by atoms with E-state index in [0.717, 1.165) is 0 Å². The third-order valence-corrected chi connectivity index (χ3v) is 2.71. The van der Waals surface area contributed by atoms with Gasteiger partial charge in [0, 0.05) is 0 Å². The smallest absolute Gasteiger partial charge is 0.291 e. The van der Waals surface area contributed by atoms with E-state index in [1.54, 1.807) is 0 Å². The second-order valence-electron chi connectivity index (χ2n) is 3.77. The van der Waals surface area contributed by atoms with Gasteiger partial charge in [-0.05, 0) is 11.8 Å². The predicted octanol–water partition coefficient (Wildman–Crippen LogP) is -0.685. The fourth-order valence-electron chi connectivity index (χ4n) is 1.57. The number of hydrogen-bond donors (Lipinski definition) is 4. The molecule has 0 radical (unpaired) electrons. The molecule has 11 nitrogen and oxygen atoms in total. The summed E-state index contributed by atoms with van der Waals surface area (Å²) < 4.78 is 5.38. The lowest BCUT2D eigenvalue weighted by Gasteiger charge is -2.12. The molecule has 0 spiro atoms. The van der Waals surface area contributed by atoms with Crippen LogP contribution in [0.25, 0.3) is 0 Å². The molecule has 0 aromatic heterocycles. The van der Waals surface area contributed by atoms with E-state index < -0.39 is 10.2 Å². The fourth-order valence-corrected chi connectivity index (χ4v) is 1.57. The number of aliphatic hydroxyl groups is 2. The maximum Gasteiger partial charge on any atom is 0.291 e. The molecule has 4 N–H and O–H groups in total. The van der Waals surface area contributed by atoms with E-state index in [1.165, 1.54) is 0 Å². The summed E-state index contributed by atoms with van der Waals surface area (Å²) in [5, 5.41) is 45.0. The van der Waals surface area contributed by atoms with E-state index in [4.69, 9.17) is 45.6 Å². The third kappa shape index (κ3) is 9.93. The van der Waals surface area contributed by atoms with Gasteiger partial charge in [0.05, 0.1) is 25.4 Å². The normalized spacial score (nSPS) is 28.4. The molecular formula is C8H18N2O9. The van der Waals surface area contributed by atoms with Crippen LogP contribution in [0, 0.1) is 32.1 Å². The molecular weight excluding hydrogens is 268 g/mol. The van der Waals surface area contributed by atoms with Gasteiger partial charge in [-0.25, -0.2) is 0 Å². The van der Waals surface area contributed by atoms with Crippen LogP contribution < -0.4 is 0 Å². The van der Waals surface area contributed by atoms with E-state index in [0.29, 0.717) is 11.8 Å². The zero-order valence-electron chi connectivity index (χ0n) is 10.4. The van der Waals surface area contributed by atoms with Crippen LogP contribution in [0.5, 0.6) is 0 Å². The molecule has 1 fully saturated rings. The summed E-state index contributed by atoms with van der Waals surface area (Å²) in [6.07, 6.45) is -0.163. The highest BCUT2D eigenvalue weighted by atomic mass is 16.9. The van der Waals surface area contributed by atoms with Crippen LogP contribution in [0.4, 0.5) is 0 Å². The molecule has 0 saturated carbocycles. The first-order valence-electron chi connectivity index (χ1n) is 5.21. The molecule has 4 atom stereocenters. The Morgan fingerprint density at radius 3 is 1.26 bits per heavy atom. The Morgan fingerprint density at radius 1 is 0.947 bits per heavy atom. The standard InChI is InChI=1S/C8H16O3.2HNO3/c1-5-6(2)8(4-10)11-7(5)3-9;2*2-1(3)4/h5-10H,3-4H2,1-2H3;2*(H,2,3,4). The average molecular weight is 286 g/mol. The van der Waals surface area contributed by atoms with Crippen LogP contribution in [-0.4, -0.2) is 56.2 Å². The molecule has 1 saturated heterocycles. The zero-order valence-corrected chi connectivity index (χ0v) is 10.4. The van der Waals surface area contributed by atoms with Crippen molar-refractivity contribution in [3.63, 3.8) is 0 Å². The van der Waals surface area contributed by atoms with Crippen molar-refractivity contribution < 1.29 is 35.5 Å². The molecule has 0 bridgehead atoms. The monoisotopic (exact) mass is 286 g/mol. The SMILES string of the molecule is CC1C(CO)OC(CO)C1C.O=[N+]([O-])O.O=[N+]([O-])O. The van der Waals surface area contributed by atoms with Crippen molar-refractivity contribution in [3.8, 4) is 0 Å². The van der Waals surface area contributed by atoms with Gasteiger partial charge in [0.25, 0.3) is 10.2 Å². The highest BCUT2D eigenvalue weighted by Gasteiger charge is 2.37. The summed E-state index contributed by atoms with van der Waals surface area (Å²) in [6, 6.07) is 0. The van der Waals surface area contributed by atoms with Crippen molar-refractivity contribution in [2.75, 3.05) is 13.2 Å². The summed E-state index contributed by atoms with van der Waals surface area (Å²) in [7, 11) is 0. The highest BCUT2D eigenvalue weighted by Crippen LogP contribution is 2.31. The molecule has 19 heavy (non-hydrogen) atoms. The Kier molecular flexibility index (Phi) is 10.6. The minimum absolute atomic E-state index is 0.0575. The molecule has 1 rings (SSSR count). The second-order valence-corrected chi connectivity index (χ2v) is 3.77. The molecule has 11 heteroatoms. The largest absolute Gasteiger partial charge is 0.394 e. The quantitative estimate of drug-likeness (QED) is 0.378. The Hall–Kier alpha value is -1.72. The van der Waals surface area contributed by atoms with Gasteiger partial charge in [0.15, 0.2) is 0 Å². The van der Waals surface area contributed by atoms with Crippen molar-refractivity contribution in [1.29, 1.82) is 0 Å². The Bertz CT molecular complexity index is 237. The minimum atomic E-state index is -1.50. The van der Waals surface area contributed by atoms with Crippen LogP contribution in [0.15, 0.2) is 0 Å². The van der Waals surface area contributed by atoms with E-state index in [2.05, 4.69) is 0 Å². The van der Waals surface area contributed by atoms with E-state index in [1.807, 2.05) is 13.8 Å². The van der Waals surface area contributed by atoms with Crippen molar-refractivity contribution >= 4 is 0 Å². The molecule has 4 unspecified atom stereocenters. The van der Waals surface area contributed by atoms with Crippen LogP contribution in [0.2, 0.25) is 0 Å². The van der Waals surface area contributed by atoms with Crippen LogP contribution in [0.1, 0.15) is 13.8 Å². The molecule has 1 aliphatic rings. The fraction of sp³-hybridized carbons (Fsp3) is 1.00. The lowest BCUT2D eigenvalue weighted by atomic mass is 9.91. The molecule has 1 heterocycles. The number of aliphatic hydroxyl groups excluding tert-OH is 2. The van der Waals surface area contributed by atoms with Gasteiger partial charge in [-0.3, -0.25) is 0 Å². The van der Waals surface area contributed by atoms with Gasteiger partial charge < -0.3 is 25.4 Å². The van der Waals surface area contributed by atoms with Gasteiger partial charge >= 0.3 is 0 Å². The minimum Gasteiger partial charge on any atom is -0.394 e. The van der Waals surface area contributed by atoms with Crippen LogP contribution in [0.3, 0.4) is 0 Å². The lowest BCUT2D eigenvalue weighted by molar-refractivity contribution is -0.742. The number of nitrogens with zero attached hydrogens (tertiary/aromatic N) is 2. The first kappa shape index (κ1) is 19.6. The zero-order chi connectivity index (χ0) is 15.6. The van der Waals surface area contributed by atoms with Crippen molar-refractivity contribution in [1.82, 2.24) is 0 Å². The number of hydrogen-bond acceptors (Lipinski definition) is 7. The first-order chi connectivity index (χ1) is 8.67. The highest BCUT2D eigenvalue weighted by molar-refractivity contribution is 4.84. The Morgan fingerprint density at radius 2 is 1.16 bits per heavy atom. The van der Waals surface area contributed by atoms with Gasteiger partial charge in [-0.1, -0.05) is 13.8 Å². The predicted molar refractivity (Wildman–Crippen MR) is 58.7 cm³/mol. The Labute approximate surface area is 108 Å². The van der Waals surface area contributed by atoms with Crippen LogP contribution >= 0.6 is 0 Å². The molecule has 0 aromatic rings. The lowest BCUT2D eigenvalue weighted by Crippen LogP contribution is -2.19. The average Bonchev–Trinajstić information content (AvgIpc) is 2.54. The van der Waals surface area contributed by atoms with E-state index in [-0.39, 0.29) is 25.4 Å². The number of rotatable bonds is 2. The van der Waals surface area contributed by atoms with Crippen molar-refractivity contribution in [2.24, 2.45) is 11.8 Å². The summed E-state index contributed by atoms with van der Waals surface area (Å²) in [6.45, 7) is 4.20. The topological polar surface area (TPSA) is 176 Å². The summed E-state index contributed by atoms with van der Waals surface area (Å²) in [4.78, 5) is 16.7. The molecule has 114 valence electrons. The van der Waals surface area contributed by atoms with E-state index in [9.17, 15) is 0 Å². The maximum atomic E-state index is 8.86. The van der Waals surface area contributed by atoms with Gasteiger partial charge in [0.1, 0.15) is 0 Å². The summed E-state index contributed by atoms with van der Waals surface area (Å²) >= 11 is 0. The summed E-state index contributed by atoms with van der Waals surface area (Å²) in [5.41, 5.74) is 0. The maximum absolute atomic E-state index is 8.86. The number of ether oxygens (including phenoxy) is 1. The first-order valence-corrected chi connectivity index (χ1v) is 5.21. The van der Waals surface area contributed by atoms with Crippen molar-refractivity contribution in [2.45, 2.75) is 26.1 Å². The third-order valence-electron chi connectivity index (χ3n) is 2.71. The molecule has 0 amide bonds. The molecule has 1 aliphatic heterocycles. The molecule has 0 aliphatic carbocycles. The van der Waals surface area contributed by atoms with E-state index >= 15 is 0 Å². The van der Waals surface area contributed by atoms with Crippen LogP contribution in [-0.2, 0) is 4.74 Å². The summed E-state index contributed by atoms with van der Waals surface area (Å²) in [5.74, 6) is 0.689. The Balaban J connectivity index is 0. The van der Waals surface area contributed by atoms with Crippen molar-refractivity contribution in [3.05, 3.63) is 20.2 Å². The second kappa shape index (κ2) is 10.2.